The second kappa shape index (κ2) is 8.36. The predicted octanol–water partition coefficient (Wildman–Crippen LogP) is 4.29. The first-order valence-electron chi connectivity index (χ1n) is 10.4. The van der Waals surface area contributed by atoms with Crippen molar-refractivity contribution in [2.45, 2.75) is 5.54 Å². The number of hydrogen-bond acceptors (Lipinski definition) is 5. The second-order valence-electron chi connectivity index (χ2n) is 8.10. The lowest BCUT2D eigenvalue weighted by atomic mass is 9.81. The van der Waals surface area contributed by atoms with Crippen LogP contribution in [0.1, 0.15) is 16.8 Å². The molecule has 0 aliphatic carbocycles. The van der Waals surface area contributed by atoms with Crippen LogP contribution in [0, 0.1) is 0 Å². The number of aryl methyl sites for hydroxylation is 2. The molecule has 170 valence electrons. The lowest BCUT2D eigenvalue weighted by molar-refractivity contribution is 0.594. The van der Waals surface area contributed by atoms with E-state index in [1.165, 1.54) is 10.6 Å². The van der Waals surface area contributed by atoms with Crippen LogP contribution in [0.3, 0.4) is 0 Å². The van der Waals surface area contributed by atoms with E-state index in [2.05, 4.69) is 15.0 Å². The minimum atomic E-state index is -1.09. The van der Waals surface area contributed by atoms with E-state index in [-0.39, 0.29) is 5.56 Å². The van der Waals surface area contributed by atoms with Gasteiger partial charge in [0, 0.05) is 47.9 Å². The summed E-state index contributed by atoms with van der Waals surface area (Å²) in [6.45, 7) is 0. The summed E-state index contributed by atoms with van der Waals surface area (Å²) in [5, 5.41) is 1.66. The fourth-order valence-corrected chi connectivity index (χ4v) is 4.51. The SMILES string of the molecule is Cn1cncc1[C@@](N)(c1ccc(Cl)cc1)c1cnc2c(c1)c(-c1cccc(Cl)n1)cc(=O)n2C. The average Bonchev–Trinajstić information content (AvgIpc) is 3.27. The molecule has 0 amide bonds. The molecule has 5 aromatic rings. The Morgan fingerprint density at radius 3 is 2.41 bits per heavy atom. The lowest BCUT2D eigenvalue weighted by Gasteiger charge is -2.31. The van der Waals surface area contributed by atoms with Gasteiger partial charge in [-0.15, -0.1) is 0 Å². The van der Waals surface area contributed by atoms with Crippen LogP contribution >= 0.6 is 23.2 Å². The van der Waals surface area contributed by atoms with Gasteiger partial charge in [-0.2, -0.15) is 0 Å². The molecule has 7 nitrogen and oxygen atoms in total. The molecule has 1 aromatic carbocycles. The van der Waals surface area contributed by atoms with Crippen LogP contribution in [0.4, 0.5) is 0 Å². The van der Waals surface area contributed by atoms with E-state index in [0.29, 0.717) is 32.6 Å². The van der Waals surface area contributed by atoms with Crippen LogP contribution < -0.4 is 11.3 Å². The van der Waals surface area contributed by atoms with Gasteiger partial charge in [0.15, 0.2) is 0 Å². The molecule has 0 bridgehead atoms. The van der Waals surface area contributed by atoms with Gasteiger partial charge < -0.3 is 10.3 Å². The molecule has 9 heteroatoms. The van der Waals surface area contributed by atoms with Crippen molar-refractivity contribution in [2.24, 2.45) is 19.8 Å². The van der Waals surface area contributed by atoms with E-state index in [9.17, 15) is 4.79 Å². The lowest BCUT2D eigenvalue weighted by Crippen LogP contribution is -2.41. The highest BCUT2D eigenvalue weighted by Crippen LogP contribution is 2.36. The van der Waals surface area contributed by atoms with Crippen molar-refractivity contribution >= 4 is 34.2 Å². The number of imidazole rings is 1. The summed E-state index contributed by atoms with van der Waals surface area (Å²) in [7, 11) is 3.57. The van der Waals surface area contributed by atoms with E-state index >= 15 is 0 Å². The summed E-state index contributed by atoms with van der Waals surface area (Å²) in [6.07, 6.45) is 5.13. The first-order chi connectivity index (χ1) is 16.3. The van der Waals surface area contributed by atoms with Gasteiger partial charge in [0.25, 0.3) is 5.56 Å². The third-order valence-corrected chi connectivity index (χ3v) is 6.50. The maximum absolute atomic E-state index is 12.7. The van der Waals surface area contributed by atoms with E-state index in [0.717, 1.165) is 16.6 Å². The Morgan fingerprint density at radius 1 is 0.971 bits per heavy atom. The Labute approximate surface area is 205 Å². The smallest absolute Gasteiger partial charge is 0.252 e. The van der Waals surface area contributed by atoms with Gasteiger partial charge in [-0.25, -0.2) is 15.0 Å². The Morgan fingerprint density at radius 2 is 1.74 bits per heavy atom. The fraction of sp³-hybridized carbons (Fsp3) is 0.120. The van der Waals surface area contributed by atoms with Gasteiger partial charge in [-0.3, -0.25) is 9.36 Å². The number of nitrogens with zero attached hydrogens (tertiary/aromatic N) is 5. The van der Waals surface area contributed by atoms with Crippen molar-refractivity contribution in [1.82, 2.24) is 24.1 Å². The van der Waals surface area contributed by atoms with E-state index in [1.807, 2.05) is 35.9 Å². The molecule has 0 radical (unpaired) electrons. The average molecular weight is 491 g/mol. The monoisotopic (exact) mass is 490 g/mol. The maximum atomic E-state index is 12.7. The van der Waals surface area contributed by atoms with E-state index in [1.54, 1.807) is 50.0 Å². The van der Waals surface area contributed by atoms with Gasteiger partial charge in [0.05, 0.1) is 23.9 Å². The molecule has 0 aliphatic rings. The number of pyridine rings is 3. The summed E-state index contributed by atoms with van der Waals surface area (Å²) in [6, 6.07) is 16.1. The predicted molar refractivity (Wildman–Crippen MR) is 134 cm³/mol. The van der Waals surface area contributed by atoms with Gasteiger partial charge >= 0.3 is 0 Å². The highest BCUT2D eigenvalue weighted by Gasteiger charge is 2.35. The molecule has 0 aliphatic heterocycles. The van der Waals surface area contributed by atoms with Crippen LogP contribution in [-0.2, 0) is 19.6 Å². The molecule has 0 saturated heterocycles. The largest absolute Gasteiger partial charge is 0.336 e. The molecule has 0 saturated carbocycles. The van der Waals surface area contributed by atoms with Crippen LogP contribution in [0.15, 0.2) is 78.1 Å². The van der Waals surface area contributed by atoms with E-state index in [4.69, 9.17) is 28.9 Å². The number of nitrogens with two attached hydrogens (primary N) is 1. The number of aromatic nitrogens is 5. The molecule has 0 spiro atoms. The maximum Gasteiger partial charge on any atom is 0.252 e. The summed E-state index contributed by atoms with van der Waals surface area (Å²) < 4.78 is 3.37. The van der Waals surface area contributed by atoms with Crippen molar-refractivity contribution in [3.63, 3.8) is 0 Å². The van der Waals surface area contributed by atoms with Gasteiger partial charge in [0.1, 0.15) is 16.3 Å². The highest BCUT2D eigenvalue weighted by atomic mass is 35.5. The van der Waals surface area contributed by atoms with Crippen molar-refractivity contribution in [3.05, 3.63) is 111 Å². The third-order valence-electron chi connectivity index (χ3n) is 6.04. The number of fused-ring (bicyclic) bond motifs is 1. The minimum Gasteiger partial charge on any atom is -0.336 e. The zero-order chi connectivity index (χ0) is 24.0. The zero-order valence-corrected chi connectivity index (χ0v) is 19.9. The first kappa shape index (κ1) is 22.3. The number of benzene rings is 1. The molecule has 4 heterocycles. The summed E-state index contributed by atoms with van der Waals surface area (Å²) in [4.78, 5) is 26.1. The van der Waals surface area contributed by atoms with Crippen LogP contribution in [-0.4, -0.2) is 24.1 Å². The topological polar surface area (TPSA) is 91.6 Å². The second-order valence-corrected chi connectivity index (χ2v) is 8.92. The number of halogens is 2. The summed E-state index contributed by atoms with van der Waals surface area (Å²) >= 11 is 12.3. The quantitative estimate of drug-likeness (QED) is 0.379. The molecule has 1 atom stereocenters. The van der Waals surface area contributed by atoms with Gasteiger partial charge in [-0.1, -0.05) is 41.4 Å². The third kappa shape index (κ3) is 3.58. The van der Waals surface area contributed by atoms with Crippen molar-refractivity contribution < 1.29 is 0 Å². The number of rotatable bonds is 4. The zero-order valence-electron chi connectivity index (χ0n) is 18.4. The molecule has 4 aromatic heterocycles. The minimum absolute atomic E-state index is 0.201. The van der Waals surface area contributed by atoms with Gasteiger partial charge in [0.2, 0.25) is 0 Å². The molecule has 5 rings (SSSR count). The normalized spacial score (nSPS) is 13.2. The van der Waals surface area contributed by atoms with Crippen LogP contribution in [0.2, 0.25) is 10.2 Å². The molecular weight excluding hydrogens is 471 g/mol. The molecule has 2 N–H and O–H groups in total. The number of hydrogen-bond donors (Lipinski definition) is 1. The van der Waals surface area contributed by atoms with Crippen molar-refractivity contribution in [1.29, 1.82) is 0 Å². The van der Waals surface area contributed by atoms with Gasteiger partial charge in [-0.05, 0) is 35.9 Å². The Balaban J connectivity index is 1.84. The highest BCUT2D eigenvalue weighted by molar-refractivity contribution is 6.30. The Bertz CT molecular complexity index is 1590. The summed E-state index contributed by atoms with van der Waals surface area (Å²) in [5.74, 6) is 0. The first-order valence-corrected chi connectivity index (χ1v) is 11.2. The van der Waals surface area contributed by atoms with E-state index < -0.39 is 5.54 Å². The molecule has 34 heavy (non-hydrogen) atoms. The van der Waals surface area contributed by atoms with Crippen LogP contribution in [0.25, 0.3) is 22.3 Å². The van der Waals surface area contributed by atoms with Crippen molar-refractivity contribution in [3.8, 4) is 11.3 Å². The Hall–Kier alpha value is -3.52. The van der Waals surface area contributed by atoms with Crippen LogP contribution in [0.5, 0.6) is 0 Å². The summed E-state index contributed by atoms with van der Waals surface area (Å²) in [5.41, 5.74) is 9.89. The van der Waals surface area contributed by atoms with Crippen molar-refractivity contribution in [2.75, 3.05) is 0 Å². The Kier molecular flexibility index (Phi) is 5.48. The molecular formula is C25H20Cl2N6O. The standard InChI is InChI=1S/C25H20Cl2N6O/c1-32-14-29-13-21(32)25(28,15-6-8-17(26)9-7-15)16-10-19-18(20-4-3-5-22(27)31-20)11-23(34)33(2)24(19)30-12-16/h3-14H,28H2,1-2H3/t25-/m1/s1. The molecule has 0 unspecified atom stereocenters. The fourth-order valence-electron chi connectivity index (χ4n) is 4.22. The molecule has 0 fully saturated rings.